The quantitative estimate of drug-likeness (QED) is 0.910. The Bertz CT molecular complexity index is 620. The van der Waals surface area contributed by atoms with E-state index in [1.165, 1.54) is 0 Å². The van der Waals surface area contributed by atoms with E-state index in [0.717, 1.165) is 21.4 Å². The van der Waals surface area contributed by atoms with E-state index in [9.17, 15) is 4.79 Å². The normalized spacial score (nSPS) is 10.6. The van der Waals surface area contributed by atoms with Gasteiger partial charge in [0, 0.05) is 7.05 Å². The third-order valence-corrected chi connectivity index (χ3v) is 3.95. The lowest BCUT2D eigenvalue weighted by Gasteiger charge is -2.07. The maximum Gasteiger partial charge on any atom is 0.307 e. The molecule has 0 bridgehead atoms. The van der Waals surface area contributed by atoms with E-state index in [1.807, 2.05) is 14.0 Å². The zero-order valence-corrected chi connectivity index (χ0v) is 12.8. The minimum absolute atomic E-state index is 0.0206. The lowest BCUT2D eigenvalue weighted by Crippen LogP contribution is -2.04. The number of benzene rings is 1. The molecule has 20 heavy (non-hydrogen) atoms. The lowest BCUT2D eigenvalue weighted by atomic mass is 10.1. The number of aromatic nitrogens is 2. The number of ether oxygens (including phenoxy) is 1. The third-order valence-electron chi connectivity index (χ3n) is 2.92. The number of carbonyl (C=O) groups is 1. The number of hydrogen-bond acceptors (Lipinski definition) is 3. The first kappa shape index (κ1) is 14.6. The Labute approximate surface area is 125 Å². The number of nitrogens with zero attached hydrogens (tertiary/aromatic N) is 2. The predicted octanol–water partition coefficient (Wildman–Crippen LogP) is 2.70. The van der Waals surface area contributed by atoms with Crippen LogP contribution < -0.4 is 4.74 Å². The molecule has 2 aromatic rings. The zero-order chi connectivity index (χ0) is 14.7. The van der Waals surface area contributed by atoms with Crippen molar-refractivity contribution in [3.8, 4) is 5.75 Å². The number of aliphatic carboxylic acids is 1. The van der Waals surface area contributed by atoms with Gasteiger partial charge in [-0.05, 0) is 40.5 Å². The fraction of sp³-hybridized carbons (Fsp3) is 0.286. The molecule has 0 saturated heterocycles. The second kappa shape index (κ2) is 6.09. The van der Waals surface area contributed by atoms with E-state index >= 15 is 0 Å². The van der Waals surface area contributed by atoms with Crippen molar-refractivity contribution in [2.75, 3.05) is 0 Å². The Kier molecular flexibility index (Phi) is 4.44. The predicted molar refractivity (Wildman–Crippen MR) is 77.8 cm³/mol. The van der Waals surface area contributed by atoms with Crippen molar-refractivity contribution in [1.29, 1.82) is 0 Å². The first-order chi connectivity index (χ1) is 9.47. The van der Waals surface area contributed by atoms with Gasteiger partial charge in [0.2, 0.25) is 0 Å². The molecular formula is C14H15BrN2O3. The number of hydrogen-bond donors (Lipinski definition) is 1. The number of aryl methyl sites for hydroxylation is 2. The Morgan fingerprint density at radius 2 is 2.05 bits per heavy atom. The van der Waals surface area contributed by atoms with Gasteiger partial charge in [-0.2, -0.15) is 5.10 Å². The van der Waals surface area contributed by atoms with Crippen molar-refractivity contribution in [3.05, 3.63) is 45.7 Å². The van der Waals surface area contributed by atoms with Gasteiger partial charge in [-0.1, -0.05) is 12.1 Å². The van der Waals surface area contributed by atoms with Crippen molar-refractivity contribution in [3.63, 3.8) is 0 Å². The van der Waals surface area contributed by atoms with Crippen LogP contribution in [0.5, 0.6) is 5.75 Å². The molecule has 1 N–H and O–H groups in total. The highest BCUT2D eigenvalue weighted by Crippen LogP contribution is 2.22. The first-order valence-electron chi connectivity index (χ1n) is 6.09. The van der Waals surface area contributed by atoms with E-state index in [0.29, 0.717) is 12.4 Å². The van der Waals surface area contributed by atoms with Crippen LogP contribution in [0.3, 0.4) is 0 Å². The van der Waals surface area contributed by atoms with E-state index in [2.05, 4.69) is 21.0 Å². The van der Waals surface area contributed by atoms with Crippen LogP contribution in [0.15, 0.2) is 28.7 Å². The fourth-order valence-corrected chi connectivity index (χ4v) is 2.32. The SMILES string of the molecule is Cc1nn(C)c(COc2ccc(CC(=O)O)cc2)c1Br. The minimum atomic E-state index is -0.840. The Hall–Kier alpha value is -1.82. The van der Waals surface area contributed by atoms with Crippen molar-refractivity contribution >= 4 is 21.9 Å². The van der Waals surface area contributed by atoms with Gasteiger partial charge in [-0.25, -0.2) is 0 Å². The molecule has 0 spiro atoms. The van der Waals surface area contributed by atoms with Crippen LogP contribution in [0.25, 0.3) is 0 Å². The summed E-state index contributed by atoms with van der Waals surface area (Å²) in [5.74, 6) is -0.141. The van der Waals surface area contributed by atoms with E-state index in [4.69, 9.17) is 9.84 Å². The number of rotatable bonds is 5. The van der Waals surface area contributed by atoms with Crippen LogP contribution in [0, 0.1) is 6.92 Å². The Morgan fingerprint density at radius 3 is 2.55 bits per heavy atom. The largest absolute Gasteiger partial charge is 0.487 e. The third kappa shape index (κ3) is 3.39. The summed E-state index contributed by atoms with van der Waals surface area (Å²) in [7, 11) is 1.87. The summed E-state index contributed by atoms with van der Waals surface area (Å²) in [4.78, 5) is 10.6. The standard InChI is InChI=1S/C14H15BrN2O3/c1-9-14(15)12(17(2)16-9)8-20-11-5-3-10(4-6-11)7-13(18)19/h3-6H,7-8H2,1-2H3,(H,18,19). The van der Waals surface area contributed by atoms with Gasteiger partial charge in [0.15, 0.2) is 0 Å². The zero-order valence-electron chi connectivity index (χ0n) is 11.3. The van der Waals surface area contributed by atoms with Gasteiger partial charge in [-0.3, -0.25) is 9.48 Å². The van der Waals surface area contributed by atoms with Crippen molar-refractivity contribution in [2.24, 2.45) is 7.05 Å². The average Bonchev–Trinajstić information content (AvgIpc) is 2.62. The molecule has 5 nitrogen and oxygen atoms in total. The van der Waals surface area contributed by atoms with E-state index < -0.39 is 5.97 Å². The van der Waals surface area contributed by atoms with Crippen molar-refractivity contribution < 1.29 is 14.6 Å². The van der Waals surface area contributed by atoms with Gasteiger partial charge in [-0.15, -0.1) is 0 Å². The summed E-state index contributed by atoms with van der Waals surface area (Å²) in [5.41, 5.74) is 2.63. The van der Waals surface area contributed by atoms with Crippen LogP contribution in [-0.4, -0.2) is 20.9 Å². The molecular weight excluding hydrogens is 324 g/mol. The monoisotopic (exact) mass is 338 g/mol. The van der Waals surface area contributed by atoms with Gasteiger partial charge in [0.1, 0.15) is 12.4 Å². The molecule has 1 aromatic heterocycles. The summed E-state index contributed by atoms with van der Waals surface area (Å²) in [5, 5.41) is 13.0. The fourth-order valence-electron chi connectivity index (χ4n) is 1.87. The number of carboxylic acid groups (broad SMARTS) is 1. The van der Waals surface area contributed by atoms with Gasteiger partial charge < -0.3 is 9.84 Å². The molecule has 0 saturated carbocycles. The summed E-state index contributed by atoms with van der Waals surface area (Å²) >= 11 is 3.48. The second-order valence-electron chi connectivity index (χ2n) is 4.47. The smallest absolute Gasteiger partial charge is 0.307 e. The summed E-state index contributed by atoms with van der Waals surface area (Å²) in [6.07, 6.45) is 0.0206. The summed E-state index contributed by atoms with van der Waals surface area (Å²) < 4.78 is 8.41. The molecule has 2 rings (SSSR count). The molecule has 0 amide bonds. The van der Waals surface area contributed by atoms with Crippen LogP contribution in [0.2, 0.25) is 0 Å². The van der Waals surface area contributed by atoms with E-state index in [1.54, 1.807) is 28.9 Å². The Morgan fingerprint density at radius 1 is 1.40 bits per heavy atom. The van der Waals surface area contributed by atoms with Gasteiger partial charge in [0.25, 0.3) is 0 Å². The molecule has 0 fully saturated rings. The molecule has 0 aliphatic carbocycles. The first-order valence-corrected chi connectivity index (χ1v) is 6.88. The van der Waals surface area contributed by atoms with Crippen molar-refractivity contribution in [1.82, 2.24) is 9.78 Å². The highest BCUT2D eigenvalue weighted by Gasteiger charge is 2.11. The number of carboxylic acids is 1. The van der Waals surface area contributed by atoms with Crippen molar-refractivity contribution in [2.45, 2.75) is 20.0 Å². The van der Waals surface area contributed by atoms with E-state index in [-0.39, 0.29) is 6.42 Å². The molecule has 0 radical (unpaired) electrons. The molecule has 0 aliphatic rings. The summed E-state index contributed by atoms with van der Waals surface area (Å²) in [6, 6.07) is 7.06. The second-order valence-corrected chi connectivity index (χ2v) is 5.27. The highest BCUT2D eigenvalue weighted by molar-refractivity contribution is 9.10. The minimum Gasteiger partial charge on any atom is -0.487 e. The molecule has 1 aromatic carbocycles. The molecule has 6 heteroatoms. The van der Waals surface area contributed by atoms with Crippen LogP contribution in [-0.2, 0) is 24.9 Å². The van der Waals surface area contributed by atoms with Gasteiger partial charge >= 0.3 is 5.97 Å². The molecule has 0 aliphatic heterocycles. The molecule has 0 atom stereocenters. The van der Waals surface area contributed by atoms with Crippen LogP contribution in [0.4, 0.5) is 0 Å². The molecule has 1 heterocycles. The van der Waals surface area contributed by atoms with Crippen LogP contribution in [0.1, 0.15) is 17.0 Å². The highest BCUT2D eigenvalue weighted by atomic mass is 79.9. The topological polar surface area (TPSA) is 64.4 Å². The van der Waals surface area contributed by atoms with Crippen LogP contribution >= 0.6 is 15.9 Å². The molecule has 0 unspecified atom stereocenters. The molecule has 106 valence electrons. The maximum absolute atomic E-state index is 10.6. The Balaban J connectivity index is 2.02. The maximum atomic E-state index is 10.6. The number of halogens is 1. The average molecular weight is 339 g/mol. The van der Waals surface area contributed by atoms with Gasteiger partial charge in [0.05, 0.1) is 22.3 Å². The lowest BCUT2D eigenvalue weighted by molar-refractivity contribution is -0.136. The summed E-state index contributed by atoms with van der Waals surface area (Å²) in [6.45, 7) is 2.32.